The number of hydrogen-bond acceptors (Lipinski definition) is 1. The standard InChI is InChI=1S/C10H11ClO/c1-3-4-10(2)5-8(7-12)9(11)6-10/h1,7H,4-6H2,2H3. The highest BCUT2D eigenvalue weighted by atomic mass is 35.5. The highest BCUT2D eigenvalue weighted by molar-refractivity contribution is 6.31. The number of rotatable bonds is 2. The number of allylic oxidation sites excluding steroid dienone is 2. The molecule has 0 saturated carbocycles. The van der Waals surface area contributed by atoms with Crippen molar-refractivity contribution in [3.8, 4) is 12.3 Å². The molecule has 0 aromatic heterocycles. The summed E-state index contributed by atoms with van der Waals surface area (Å²) in [6.45, 7) is 2.06. The molecule has 0 amide bonds. The summed E-state index contributed by atoms with van der Waals surface area (Å²) in [5, 5.41) is 0.683. The van der Waals surface area contributed by atoms with Gasteiger partial charge in [0.1, 0.15) is 6.29 Å². The summed E-state index contributed by atoms with van der Waals surface area (Å²) >= 11 is 5.88. The van der Waals surface area contributed by atoms with Crippen molar-refractivity contribution in [1.82, 2.24) is 0 Å². The first-order valence-electron chi connectivity index (χ1n) is 3.87. The second-order valence-electron chi connectivity index (χ2n) is 3.59. The van der Waals surface area contributed by atoms with Crippen molar-refractivity contribution < 1.29 is 4.79 Å². The summed E-state index contributed by atoms with van der Waals surface area (Å²) in [5.74, 6) is 2.61. The Hall–Kier alpha value is -0.740. The lowest BCUT2D eigenvalue weighted by atomic mass is 9.84. The largest absolute Gasteiger partial charge is 0.298 e. The maximum absolute atomic E-state index is 10.5. The molecule has 0 heterocycles. The van der Waals surface area contributed by atoms with Crippen molar-refractivity contribution >= 4 is 17.9 Å². The van der Waals surface area contributed by atoms with Crippen molar-refractivity contribution in [3.63, 3.8) is 0 Å². The molecular formula is C10H11ClO. The third kappa shape index (κ3) is 1.70. The Kier molecular flexibility index (Phi) is 2.59. The topological polar surface area (TPSA) is 17.1 Å². The highest BCUT2D eigenvalue weighted by Gasteiger charge is 2.33. The number of aldehydes is 1. The van der Waals surface area contributed by atoms with Gasteiger partial charge >= 0.3 is 0 Å². The Morgan fingerprint density at radius 2 is 2.42 bits per heavy atom. The molecule has 0 spiro atoms. The van der Waals surface area contributed by atoms with Crippen LogP contribution < -0.4 is 0 Å². The van der Waals surface area contributed by atoms with E-state index in [1.807, 2.05) is 0 Å². The van der Waals surface area contributed by atoms with E-state index in [9.17, 15) is 4.79 Å². The van der Waals surface area contributed by atoms with Crippen molar-refractivity contribution in [2.45, 2.75) is 26.2 Å². The minimum Gasteiger partial charge on any atom is -0.298 e. The second-order valence-corrected chi connectivity index (χ2v) is 4.05. The molecule has 0 N–H and O–H groups in total. The van der Waals surface area contributed by atoms with E-state index < -0.39 is 0 Å². The van der Waals surface area contributed by atoms with E-state index in [1.54, 1.807) is 0 Å². The average molecular weight is 183 g/mol. The smallest absolute Gasteiger partial charge is 0.147 e. The van der Waals surface area contributed by atoms with E-state index in [-0.39, 0.29) is 5.41 Å². The first-order chi connectivity index (χ1) is 5.61. The van der Waals surface area contributed by atoms with Crippen LogP contribution in [0.4, 0.5) is 0 Å². The molecule has 0 fully saturated rings. The molecule has 1 unspecified atom stereocenters. The van der Waals surface area contributed by atoms with E-state index in [0.717, 1.165) is 24.7 Å². The van der Waals surface area contributed by atoms with Gasteiger partial charge in [0.15, 0.2) is 0 Å². The van der Waals surface area contributed by atoms with Crippen LogP contribution in [0.3, 0.4) is 0 Å². The fourth-order valence-corrected chi connectivity index (χ4v) is 2.02. The maximum atomic E-state index is 10.5. The lowest BCUT2D eigenvalue weighted by molar-refractivity contribution is -0.105. The second kappa shape index (κ2) is 3.33. The molecule has 1 rings (SSSR count). The van der Waals surface area contributed by atoms with Gasteiger partial charge in [-0.2, -0.15) is 0 Å². The number of halogens is 1. The minimum atomic E-state index is 0.0159. The van der Waals surface area contributed by atoms with Crippen LogP contribution >= 0.6 is 11.6 Å². The first-order valence-corrected chi connectivity index (χ1v) is 4.25. The third-order valence-electron chi connectivity index (χ3n) is 2.22. The van der Waals surface area contributed by atoms with Gasteiger partial charge in [-0.1, -0.05) is 18.5 Å². The Labute approximate surface area is 77.8 Å². The number of terminal acetylenes is 1. The maximum Gasteiger partial charge on any atom is 0.147 e. The Balaban J connectivity index is 2.74. The zero-order valence-corrected chi connectivity index (χ0v) is 7.82. The predicted molar refractivity (Wildman–Crippen MR) is 49.7 cm³/mol. The monoisotopic (exact) mass is 182 g/mol. The molecule has 1 atom stereocenters. The molecule has 64 valence electrons. The number of hydrogen-bond donors (Lipinski definition) is 0. The Morgan fingerprint density at radius 1 is 1.75 bits per heavy atom. The van der Waals surface area contributed by atoms with E-state index in [4.69, 9.17) is 18.0 Å². The molecular weight excluding hydrogens is 172 g/mol. The normalized spacial score (nSPS) is 28.8. The van der Waals surface area contributed by atoms with Crippen LogP contribution in [0.2, 0.25) is 0 Å². The summed E-state index contributed by atoms with van der Waals surface area (Å²) in [4.78, 5) is 10.5. The molecule has 0 aromatic rings. The predicted octanol–water partition coefficient (Wildman–Crippen LogP) is 2.50. The van der Waals surface area contributed by atoms with E-state index >= 15 is 0 Å². The van der Waals surface area contributed by atoms with E-state index in [0.29, 0.717) is 11.5 Å². The van der Waals surface area contributed by atoms with Crippen molar-refractivity contribution in [2.24, 2.45) is 5.41 Å². The van der Waals surface area contributed by atoms with Gasteiger partial charge in [-0.25, -0.2) is 0 Å². The third-order valence-corrected chi connectivity index (χ3v) is 2.60. The fourth-order valence-electron chi connectivity index (χ4n) is 1.58. The van der Waals surface area contributed by atoms with Crippen molar-refractivity contribution in [1.29, 1.82) is 0 Å². The summed E-state index contributed by atoms with van der Waals surface area (Å²) in [7, 11) is 0. The summed E-state index contributed by atoms with van der Waals surface area (Å²) in [6.07, 6.45) is 8.21. The van der Waals surface area contributed by atoms with Crippen LogP contribution in [0.15, 0.2) is 10.6 Å². The molecule has 0 bridgehead atoms. The van der Waals surface area contributed by atoms with Gasteiger partial charge in [0.05, 0.1) is 0 Å². The van der Waals surface area contributed by atoms with Gasteiger partial charge in [0.25, 0.3) is 0 Å². The van der Waals surface area contributed by atoms with Crippen LogP contribution in [0.5, 0.6) is 0 Å². The summed E-state index contributed by atoms with van der Waals surface area (Å²) < 4.78 is 0. The summed E-state index contributed by atoms with van der Waals surface area (Å²) in [5.41, 5.74) is 0.733. The molecule has 1 aliphatic rings. The van der Waals surface area contributed by atoms with Gasteiger partial charge in [-0.15, -0.1) is 12.3 Å². The van der Waals surface area contributed by atoms with Crippen molar-refractivity contribution in [3.05, 3.63) is 10.6 Å². The van der Waals surface area contributed by atoms with Crippen LogP contribution in [-0.4, -0.2) is 6.29 Å². The van der Waals surface area contributed by atoms with E-state index in [1.165, 1.54) is 0 Å². The zero-order chi connectivity index (χ0) is 9.19. The quantitative estimate of drug-likeness (QED) is 0.474. The molecule has 2 heteroatoms. The lowest BCUT2D eigenvalue weighted by Gasteiger charge is -2.20. The van der Waals surface area contributed by atoms with Gasteiger partial charge in [0, 0.05) is 17.0 Å². The zero-order valence-electron chi connectivity index (χ0n) is 7.06. The van der Waals surface area contributed by atoms with Crippen LogP contribution in [-0.2, 0) is 4.79 Å². The van der Waals surface area contributed by atoms with Crippen LogP contribution in [0.25, 0.3) is 0 Å². The molecule has 0 aliphatic heterocycles. The van der Waals surface area contributed by atoms with Gasteiger partial charge in [0.2, 0.25) is 0 Å². The van der Waals surface area contributed by atoms with Crippen LogP contribution in [0, 0.1) is 17.8 Å². The number of carbonyl (C=O) groups is 1. The highest BCUT2D eigenvalue weighted by Crippen LogP contribution is 2.44. The van der Waals surface area contributed by atoms with Crippen LogP contribution in [0.1, 0.15) is 26.2 Å². The molecule has 1 nitrogen and oxygen atoms in total. The minimum absolute atomic E-state index is 0.0159. The fraction of sp³-hybridized carbons (Fsp3) is 0.500. The van der Waals surface area contributed by atoms with Gasteiger partial charge in [-0.05, 0) is 18.3 Å². The molecule has 0 saturated heterocycles. The Morgan fingerprint density at radius 3 is 2.83 bits per heavy atom. The first kappa shape index (κ1) is 9.35. The molecule has 0 aromatic carbocycles. The Bertz CT molecular complexity index is 272. The summed E-state index contributed by atoms with van der Waals surface area (Å²) in [6, 6.07) is 0. The van der Waals surface area contributed by atoms with Crippen molar-refractivity contribution in [2.75, 3.05) is 0 Å². The van der Waals surface area contributed by atoms with Gasteiger partial charge in [-0.3, -0.25) is 4.79 Å². The lowest BCUT2D eigenvalue weighted by Crippen LogP contribution is -2.11. The number of carbonyl (C=O) groups excluding carboxylic acids is 1. The van der Waals surface area contributed by atoms with Gasteiger partial charge < -0.3 is 0 Å². The molecule has 0 radical (unpaired) electrons. The van der Waals surface area contributed by atoms with E-state index in [2.05, 4.69) is 12.8 Å². The average Bonchev–Trinajstić information content (AvgIpc) is 2.27. The SMILES string of the molecule is C#CCC1(C)CC(Cl)=C(C=O)C1. The molecule has 1 aliphatic carbocycles. The molecule has 12 heavy (non-hydrogen) atoms.